The van der Waals surface area contributed by atoms with Crippen LogP contribution in [0.4, 0.5) is 5.82 Å². The van der Waals surface area contributed by atoms with Gasteiger partial charge < -0.3 is 14.7 Å². The van der Waals surface area contributed by atoms with E-state index in [1.807, 2.05) is 24.4 Å². The molecule has 0 amide bonds. The summed E-state index contributed by atoms with van der Waals surface area (Å²) < 4.78 is 5.41. The average molecular weight is 395 g/mol. The fourth-order valence-corrected chi connectivity index (χ4v) is 3.92. The van der Waals surface area contributed by atoms with E-state index >= 15 is 0 Å². The molecule has 7 heteroatoms. The summed E-state index contributed by atoms with van der Waals surface area (Å²) in [6.07, 6.45) is 2.18. The molecule has 1 saturated heterocycles. The van der Waals surface area contributed by atoms with E-state index < -0.39 is 6.61 Å². The second kappa shape index (κ2) is 8.82. The van der Waals surface area contributed by atoms with Gasteiger partial charge in [0.05, 0.1) is 19.8 Å². The lowest BCUT2D eigenvalue weighted by molar-refractivity contribution is -0.119. The van der Waals surface area contributed by atoms with Crippen molar-refractivity contribution < 1.29 is 19.4 Å². The molecule has 0 aliphatic carbocycles. The van der Waals surface area contributed by atoms with Gasteiger partial charge in [0.25, 0.3) is 0 Å². The summed E-state index contributed by atoms with van der Waals surface area (Å²) in [5, 5.41) is 9.14. The molecule has 2 aromatic rings. The number of aromatic nitrogens is 1. The number of rotatable bonds is 5. The Morgan fingerprint density at radius 1 is 1.10 bits per heavy atom. The number of carbonyl (C=O) groups excluding carboxylic acids is 2. The molecule has 4 rings (SSSR count). The van der Waals surface area contributed by atoms with Crippen LogP contribution in [0, 0.1) is 0 Å². The summed E-state index contributed by atoms with van der Waals surface area (Å²) >= 11 is 0. The van der Waals surface area contributed by atoms with Crippen LogP contribution in [-0.4, -0.2) is 66.0 Å². The van der Waals surface area contributed by atoms with Gasteiger partial charge in [-0.15, -0.1) is 0 Å². The molecule has 0 radical (unpaired) electrons. The van der Waals surface area contributed by atoms with E-state index in [0.29, 0.717) is 44.8 Å². The van der Waals surface area contributed by atoms with Gasteiger partial charge >= 0.3 is 0 Å². The van der Waals surface area contributed by atoms with E-state index in [-0.39, 0.29) is 11.6 Å². The zero-order valence-corrected chi connectivity index (χ0v) is 16.3. The summed E-state index contributed by atoms with van der Waals surface area (Å²) in [5.41, 5.74) is 3.51. The third-order valence-electron chi connectivity index (χ3n) is 5.40. The van der Waals surface area contributed by atoms with Gasteiger partial charge in [-0.1, -0.05) is 12.1 Å². The van der Waals surface area contributed by atoms with Crippen LogP contribution >= 0.6 is 0 Å². The maximum atomic E-state index is 12.5. The minimum Gasteiger partial charge on any atom is -0.388 e. The first kappa shape index (κ1) is 19.7. The topological polar surface area (TPSA) is 83.0 Å². The number of nitrogens with zero attached hydrogens (tertiary/aromatic N) is 3. The zero-order chi connectivity index (χ0) is 20.2. The zero-order valence-electron chi connectivity index (χ0n) is 16.3. The van der Waals surface area contributed by atoms with E-state index in [2.05, 4.69) is 20.9 Å². The smallest absolute Gasteiger partial charge is 0.188 e. The van der Waals surface area contributed by atoms with Gasteiger partial charge in [-0.25, -0.2) is 4.98 Å². The van der Waals surface area contributed by atoms with E-state index in [0.717, 1.165) is 35.6 Å². The van der Waals surface area contributed by atoms with Crippen molar-refractivity contribution in [2.75, 3.05) is 44.4 Å². The van der Waals surface area contributed by atoms with Crippen molar-refractivity contribution in [3.63, 3.8) is 0 Å². The number of benzene rings is 1. The lowest BCUT2D eigenvalue weighted by atomic mass is 9.99. The number of anilines is 1. The lowest BCUT2D eigenvalue weighted by Gasteiger charge is -2.28. The number of Topliss-reactive ketones (excluding diaryl/α,β-unsaturated/α-hetero) is 2. The Morgan fingerprint density at radius 2 is 1.93 bits per heavy atom. The molecule has 0 spiro atoms. The molecule has 2 aliphatic heterocycles. The predicted octanol–water partition coefficient (Wildman–Crippen LogP) is 1.22. The summed E-state index contributed by atoms with van der Waals surface area (Å²) in [6.45, 7) is 4.14. The largest absolute Gasteiger partial charge is 0.388 e. The van der Waals surface area contributed by atoms with Crippen molar-refractivity contribution in [3.8, 4) is 0 Å². The van der Waals surface area contributed by atoms with Gasteiger partial charge in [0.1, 0.15) is 12.4 Å². The van der Waals surface area contributed by atoms with Gasteiger partial charge in [-0.3, -0.25) is 14.5 Å². The van der Waals surface area contributed by atoms with Crippen LogP contribution in [0.2, 0.25) is 0 Å². The van der Waals surface area contributed by atoms with E-state index in [1.54, 1.807) is 6.07 Å². The Kier molecular flexibility index (Phi) is 5.99. The highest BCUT2D eigenvalue weighted by molar-refractivity contribution is 5.97. The number of carbonyl (C=O) groups is 2. The number of fused-ring (bicyclic) bond motifs is 1. The number of hydrogen-bond acceptors (Lipinski definition) is 7. The highest BCUT2D eigenvalue weighted by Crippen LogP contribution is 2.22. The summed E-state index contributed by atoms with van der Waals surface area (Å²) in [5.74, 6) is 0.787. The molecule has 1 N–H and O–H groups in total. The van der Waals surface area contributed by atoms with Crippen LogP contribution in [0.5, 0.6) is 0 Å². The first-order valence-corrected chi connectivity index (χ1v) is 9.90. The molecule has 1 aromatic heterocycles. The number of aliphatic hydroxyl groups is 1. The van der Waals surface area contributed by atoms with Crippen LogP contribution in [-0.2, 0) is 29.0 Å². The van der Waals surface area contributed by atoms with Gasteiger partial charge in [0.2, 0.25) is 0 Å². The average Bonchev–Trinajstić information content (AvgIpc) is 2.90. The van der Waals surface area contributed by atoms with Gasteiger partial charge in [-0.05, 0) is 34.9 Å². The minimum absolute atomic E-state index is 0.160. The molecule has 29 heavy (non-hydrogen) atoms. The molecule has 7 nitrogen and oxygen atoms in total. The molecule has 1 fully saturated rings. The number of ether oxygens (including phenoxy) is 1. The maximum absolute atomic E-state index is 12.5. The van der Waals surface area contributed by atoms with Gasteiger partial charge in [-0.2, -0.15) is 0 Å². The van der Waals surface area contributed by atoms with Crippen molar-refractivity contribution in [2.45, 2.75) is 19.5 Å². The summed E-state index contributed by atoms with van der Waals surface area (Å²) in [4.78, 5) is 33.1. The van der Waals surface area contributed by atoms with Crippen LogP contribution in [0.1, 0.15) is 27.0 Å². The number of pyridine rings is 1. The van der Waals surface area contributed by atoms with E-state index in [1.165, 1.54) is 0 Å². The molecule has 152 valence electrons. The van der Waals surface area contributed by atoms with E-state index in [4.69, 9.17) is 9.84 Å². The molecule has 0 bridgehead atoms. The molecular formula is C22H25N3O4. The first-order valence-electron chi connectivity index (χ1n) is 9.90. The molecule has 3 heterocycles. The third kappa shape index (κ3) is 4.70. The summed E-state index contributed by atoms with van der Waals surface area (Å²) in [6, 6.07) is 9.39. The number of morpholine rings is 1. The number of hydrogen-bond donors (Lipinski definition) is 1. The molecule has 0 unspecified atom stereocenters. The Bertz CT molecular complexity index is 909. The Balaban J connectivity index is 1.53. The molecule has 1 aromatic carbocycles. The lowest BCUT2D eigenvalue weighted by Crippen LogP contribution is -2.36. The Morgan fingerprint density at radius 3 is 2.72 bits per heavy atom. The van der Waals surface area contributed by atoms with Gasteiger partial charge in [0.15, 0.2) is 11.6 Å². The second-order valence-corrected chi connectivity index (χ2v) is 7.55. The molecule has 2 aliphatic rings. The van der Waals surface area contributed by atoms with Crippen molar-refractivity contribution in [2.24, 2.45) is 0 Å². The minimum atomic E-state index is -0.511. The Labute approximate surface area is 169 Å². The van der Waals surface area contributed by atoms with Crippen LogP contribution in [0.15, 0.2) is 36.5 Å². The van der Waals surface area contributed by atoms with Crippen molar-refractivity contribution >= 4 is 17.4 Å². The maximum Gasteiger partial charge on any atom is 0.188 e. The highest BCUT2D eigenvalue weighted by atomic mass is 16.5. The van der Waals surface area contributed by atoms with Crippen molar-refractivity contribution in [1.82, 2.24) is 9.88 Å². The third-order valence-corrected chi connectivity index (χ3v) is 5.40. The highest BCUT2D eigenvalue weighted by Gasteiger charge is 2.21. The van der Waals surface area contributed by atoms with Crippen LogP contribution < -0.4 is 4.90 Å². The van der Waals surface area contributed by atoms with Crippen molar-refractivity contribution in [3.05, 3.63) is 58.8 Å². The second-order valence-electron chi connectivity index (χ2n) is 7.55. The fraction of sp³-hybridized carbons (Fsp3) is 0.409. The van der Waals surface area contributed by atoms with Crippen LogP contribution in [0.3, 0.4) is 0 Å². The summed E-state index contributed by atoms with van der Waals surface area (Å²) in [7, 11) is 0. The Hall–Kier alpha value is -2.61. The fourth-order valence-electron chi connectivity index (χ4n) is 3.92. The standard InChI is InChI=1S/C22H25N3O4/c26-15-21(28)18-2-1-17-11-20(27)14-24(13-19(17)10-18)12-16-3-4-23-22(9-16)25-5-7-29-8-6-25/h1-4,9-10,26H,5-8,11-15H2. The number of ketones is 2. The quantitative estimate of drug-likeness (QED) is 0.762. The van der Waals surface area contributed by atoms with Crippen LogP contribution in [0.25, 0.3) is 0 Å². The molecular weight excluding hydrogens is 370 g/mol. The molecule has 0 atom stereocenters. The monoisotopic (exact) mass is 395 g/mol. The number of aliphatic hydroxyl groups excluding tert-OH is 1. The van der Waals surface area contributed by atoms with Crippen molar-refractivity contribution in [1.29, 1.82) is 0 Å². The normalized spacial score (nSPS) is 17.7. The van der Waals surface area contributed by atoms with E-state index in [9.17, 15) is 9.59 Å². The predicted molar refractivity (Wildman–Crippen MR) is 108 cm³/mol. The first-order chi connectivity index (χ1) is 14.1. The molecule has 0 saturated carbocycles. The van der Waals surface area contributed by atoms with Gasteiger partial charge in [0, 0.05) is 44.4 Å². The SMILES string of the molecule is O=C1Cc2ccc(C(=O)CO)cc2CN(Cc2ccnc(N3CCOCC3)c2)C1.